The standard InChI is InChI=1S/C25H17Cl2F3N2O4/c1-13-21(23(32-36-13)22-15(26)6-5-7-16(22)27)24(33)31-17-12-14(25(28,29)30)10-11-18(17)35-20-9-4-3-8-19(20)34-2/h3-12H,1-2H3,(H,31,33). The molecule has 0 aliphatic rings. The van der Waals surface area contributed by atoms with Gasteiger partial charge in [-0.3, -0.25) is 4.79 Å². The lowest BCUT2D eigenvalue weighted by atomic mass is 10.0. The molecule has 0 radical (unpaired) electrons. The van der Waals surface area contributed by atoms with E-state index >= 15 is 0 Å². The molecule has 3 aromatic carbocycles. The number of hydrogen-bond donors (Lipinski definition) is 1. The van der Waals surface area contributed by atoms with Crippen molar-refractivity contribution in [3.05, 3.63) is 87.6 Å². The minimum atomic E-state index is -4.66. The second kappa shape index (κ2) is 10.1. The Morgan fingerprint density at radius 3 is 2.28 bits per heavy atom. The van der Waals surface area contributed by atoms with Crippen LogP contribution in [-0.4, -0.2) is 18.2 Å². The van der Waals surface area contributed by atoms with Crippen LogP contribution in [0.5, 0.6) is 17.2 Å². The highest BCUT2D eigenvalue weighted by Gasteiger charge is 2.32. The minimum absolute atomic E-state index is 0.0415. The lowest BCUT2D eigenvalue weighted by Crippen LogP contribution is -2.15. The van der Waals surface area contributed by atoms with Gasteiger partial charge in [-0.2, -0.15) is 13.2 Å². The zero-order valence-corrected chi connectivity index (χ0v) is 20.3. The van der Waals surface area contributed by atoms with Crippen molar-refractivity contribution in [3.63, 3.8) is 0 Å². The van der Waals surface area contributed by atoms with Gasteiger partial charge in [0.05, 0.1) is 28.4 Å². The molecule has 0 spiro atoms. The van der Waals surface area contributed by atoms with Crippen LogP contribution in [0.4, 0.5) is 18.9 Å². The van der Waals surface area contributed by atoms with Crippen molar-refractivity contribution in [1.29, 1.82) is 0 Å². The summed E-state index contributed by atoms with van der Waals surface area (Å²) in [5, 5.41) is 6.81. The Morgan fingerprint density at radius 1 is 0.972 bits per heavy atom. The van der Waals surface area contributed by atoms with Crippen LogP contribution in [0.1, 0.15) is 21.7 Å². The molecule has 6 nitrogen and oxygen atoms in total. The molecular weight excluding hydrogens is 520 g/mol. The van der Waals surface area contributed by atoms with Gasteiger partial charge in [0.25, 0.3) is 5.91 Å². The third kappa shape index (κ3) is 5.12. The number of methoxy groups -OCH3 is 1. The Bertz CT molecular complexity index is 1420. The Morgan fingerprint density at radius 2 is 1.64 bits per heavy atom. The number of ether oxygens (including phenoxy) is 2. The largest absolute Gasteiger partial charge is 0.493 e. The predicted octanol–water partition coefficient (Wildman–Crippen LogP) is 8.03. The molecule has 4 rings (SSSR count). The van der Waals surface area contributed by atoms with Crippen molar-refractivity contribution in [1.82, 2.24) is 5.16 Å². The fourth-order valence-electron chi connectivity index (χ4n) is 3.43. The molecular formula is C25H17Cl2F3N2O4. The summed E-state index contributed by atoms with van der Waals surface area (Å²) in [6, 6.07) is 14.0. The molecule has 1 amide bonds. The molecule has 0 bridgehead atoms. The molecule has 1 N–H and O–H groups in total. The average molecular weight is 537 g/mol. The van der Waals surface area contributed by atoms with Crippen molar-refractivity contribution >= 4 is 34.8 Å². The number of alkyl halides is 3. The zero-order valence-electron chi connectivity index (χ0n) is 18.7. The summed E-state index contributed by atoms with van der Waals surface area (Å²) in [5.74, 6) is -0.158. The first-order valence-electron chi connectivity index (χ1n) is 10.3. The second-order valence-electron chi connectivity index (χ2n) is 7.47. The van der Waals surface area contributed by atoms with E-state index in [0.29, 0.717) is 5.75 Å². The van der Waals surface area contributed by atoms with Crippen LogP contribution >= 0.6 is 23.2 Å². The third-order valence-corrected chi connectivity index (χ3v) is 5.76. The van der Waals surface area contributed by atoms with E-state index in [1.54, 1.807) is 42.5 Å². The van der Waals surface area contributed by atoms with E-state index < -0.39 is 17.6 Å². The lowest BCUT2D eigenvalue weighted by Gasteiger charge is -2.16. The number of benzene rings is 3. The monoisotopic (exact) mass is 536 g/mol. The molecule has 1 aromatic heterocycles. The molecule has 0 fully saturated rings. The number of aryl methyl sites for hydroxylation is 1. The molecule has 0 atom stereocenters. The molecule has 0 saturated carbocycles. The van der Waals surface area contributed by atoms with Gasteiger partial charge in [0.1, 0.15) is 17.0 Å². The number of nitrogens with one attached hydrogen (secondary N) is 1. The van der Waals surface area contributed by atoms with Gasteiger partial charge in [-0.15, -0.1) is 0 Å². The molecule has 36 heavy (non-hydrogen) atoms. The smallest absolute Gasteiger partial charge is 0.416 e. The van der Waals surface area contributed by atoms with E-state index in [0.717, 1.165) is 18.2 Å². The third-order valence-electron chi connectivity index (χ3n) is 5.13. The topological polar surface area (TPSA) is 73.6 Å². The number of carbonyl (C=O) groups excluding carboxylic acids is 1. The number of aromatic nitrogens is 1. The normalized spacial score (nSPS) is 11.3. The van der Waals surface area contributed by atoms with Crippen molar-refractivity contribution in [2.45, 2.75) is 13.1 Å². The first-order chi connectivity index (χ1) is 17.1. The summed E-state index contributed by atoms with van der Waals surface area (Å²) in [6.07, 6.45) is -4.66. The number of rotatable bonds is 6. The van der Waals surface area contributed by atoms with Crippen LogP contribution in [0.2, 0.25) is 10.0 Å². The second-order valence-corrected chi connectivity index (χ2v) is 8.29. The van der Waals surface area contributed by atoms with E-state index in [1.807, 2.05) is 0 Å². The maximum Gasteiger partial charge on any atom is 0.416 e. The number of amides is 1. The Kier molecular flexibility index (Phi) is 7.14. The summed E-state index contributed by atoms with van der Waals surface area (Å²) in [5.41, 5.74) is -0.984. The van der Waals surface area contributed by atoms with E-state index in [-0.39, 0.29) is 49.8 Å². The van der Waals surface area contributed by atoms with Crippen molar-refractivity contribution in [3.8, 4) is 28.5 Å². The first-order valence-corrected chi connectivity index (χ1v) is 11.1. The number of hydrogen-bond acceptors (Lipinski definition) is 5. The number of carbonyl (C=O) groups is 1. The van der Waals surface area contributed by atoms with Crippen LogP contribution < -0.4 is 14.8 Å². The summed E-state index contributed by atoms with van der Waals surface area (Å²) in [7, 11) is 1.42. The summed E-state index contributed by atoms with van der Waals surface area (Å²) in [6.45, 7) is 1.48. The van der Waals surface area contributed by atoms with E-state index in [4.69, 9.17) is 37.2 Å². The van der Waals surface area contributed by atoms with Gasteiger partial charge >= 0.3 is 6.18 Å². The molecule has 11 heteroatoms. The summed E-state index contributed by atoms with van der Waals surface area (Å²) in [4.78, 5) is 13.3. The van der Waals surface area contributed by atoms with Crippen LogP contribution in [0.3, 0.4) is 0 Å². The predicted molar refractivity (Wildman–Crippen MR) is 129 cm³/mol. The molecule has 1 heterocycles. The SMILES string of the molecule is COc1ccccc1Oc1ccc(C(F)(F)F)cc1NC(=O)c1c(-c2c(Cl)cccc2Cl)noc1C. The summed E-state index contributed by atoms with van der Waals surface area (Å²) < 4.78 is 56.6. The van der Waals surface area contributed by atoms with Gasteiger partial charge in [0, 0.05) is 5.56 Å². The number of halogens is 5. The number of anilines is 1. The number of para-hydroxylation sites is 2. The quantitative estimate of drug-likeness (QED) is 0.270. The van der Waals surface area contributed by atoms with Gasteiger partial charge in [0.15, 0.2) is 17.2 Å². The molecule has 0 aliphatic heterocycles. The Labute approximate surface area is 213 Å². The van der Waals surface area contributed by atoms with Gasteiger partial charge in [-0.05, 0) is 49.4 Å². The Hall–Kier alpha value is -3.69. The number of nitrogens with zero attached hydrogens (tertiary/aromatic N) is 1. The Balaban J connectivity index is 1.77. The van der Waals surface area contributed by atoms with Gasteiger partial charge in [-0.1, -0.05) is 46.6 Å². The maximum atomic E-state index is 13.5. The van der Waals surface area contributed by atoms with Crippen molar-refractivity contribution in [2.75, 3.05) is 12.4 Å². The highest BCUT2D eigenvalue weighted by molar-refractivity contribution is 6.39. The van der Waals surface area contributed by atoms with Crippen LogP contribution in [-0.2, 0) is 6.18 Å². The highest BCUT2D eigenvalue weighted by atomic mass is 35.5. The van der Waals surface area contributed by atoms with E-state index in [1.165, 1.54) is 14.0 Å². The zero-order chi connectivity index (χ0) is 26.0. The van der Waals surface area contributed by atoms with Gasteiger partial charge < -0.3 is 19.3 Å². The lowest BCUT2D eigenvalue weighted by molar-refractivity contribution is -0.137. The fraction of sp³-hybridized carbons (Fsp3) is 0.120. The summed E-state index contributed by atoms with van der Waals surface area (Å²) >= 11 is 12.5. The van der Waals surface area contributed by atoms with Gasteiger partial charge in [-0.25, -0.2) is 0 Å². The first kappa shape index (κ1) is 25.4. The minimum Gasteiger partial charge on any atom is -0.493 e. The van der Waals surface area contributed by atoms with Crippen molar-refractivity contribution < 1.29 is 32.0 Å². The average Bonchev–Trinajstić information content (AvgIpc) is 3.20. The maximum absolute atomic E-state index is 13.5. The van der Waals surface area contributed by atoms with Gasteiger partial charge in [0.2, 0.25) is 0 Å². The molecule has 0 unspecified atom stereocenters. The van der Waals surface area contributed by atoms with Crippen LogP contribution in [0.25, 0.3) is 11.3 Å². The van der Waals surface area contributed by atoms with Crippen LogP contribution in [0.15, 0.2) is 65.2 Å². The highest BCUT2D eigenvalue weighted by Crippen LogP contribution is 2.41. The molecule has 4 aromatic rings. The van der Waals surface area contributed by atoms with Crippen LogP contribution in [0, 0.1) is 6.92 Å². The van der Waals surface area contributed by atoms with E-state index in [9.17, 15) is 18.0 Å². The molecule has 0 saturated heterocycles. The van der Waals surface area contributed by atoms with E-state index in [2.05, 4.69) is 10.5 Å². The molecule has 186 valence electrons. The fourth-order valence-corrected chi connectivity index (χ4v) is 4.01. The van der Waals surface area contributed by atoms with Crippen molar-refractivity contribution in [2.24, 2.45) is 0 Å². The molecule has 0 aliphatic carbocycles.